The summed E-state index contributed by atoms with van der Waals surface area (Å²) in [5, 5.41) is 19.3. The number of thioether (sulfide) groups is 1. The molecule has 4 aromatic carbocycles. The fraction of sp³-hybridized carbons (Fsp3) is 0.147. The predicted octanol–water partition coefficient (Wildman–Crippen LogP) is 6.91. The summed E-state index contributed by atoms with van der Waals surface area (Å²) in [5.41, 5.74) is 1.79. The van der Waals surface area contributed by atoms with Gasteiger partial charge < -0.3 is 20.7 Å². The number of anilines is 2. The number of hydrogen-bond donors (Lipinski definition) is 3. The Morgan fingerprint density at radius 1 is 0.867 bits per heavy atom. The number of carbonyl (C=O) groups excluding carboxylic acids is 3. The highest BCUT2D eigenvalue weighted by Gasteiger charge is 2.16. The van der Waals surface area contributed by atoms with Gasteiger partial charge in [0, 0.05) is 34.0 Å². The monoisotopic (exact) mass is 624 g/mol. The molecule has 0 aliphatic heterocycles. The van der Waals surface area contributed by atoms with E-state index in [-0.39, 0.29) is 23.0 Å². The average Bonchev–Trinajstić information content (AvgIpc) is 3.05. The minimum absolute atomic E-state index is 0.0584. The van der Waals surface area contributed by atoms with Crippen molar-refractivity contribution in [1.29, 1.82) is 0 Å². The van der Waals surface area contributed by atoms with Gasteiger partial charge in [-0.05, 0) is 84.8 Å². The number of ether oxygens (including phenoxy) is 1. The van der Waals surface area contributed by atoms with E-state index in [1.807, 2.05) is 18.2 Å². The van der Waals surface area contributed by atoms with E-state index in [1.54, 1.807) is 60.7 Å². The molecule has 0 saturated carbocycles. The van der Waals surface area contributed by atoms with Crippen molar-refractivity contribution in [1.82, 2.24) is 5.32 Å². The maximum atomic E-state index is 13.4. The van der Waals surface area contributed by atoms with Crippen LogP contribution in [0.3, 0.4) is 0 Å². The fourth-order valence-corrected chi connectivity index (χ4v) is 4.73. The summed E-state index contributed by atoms with van der Waals surface area (Å²) in [7, 11) is 0. The Hall–Kier alpha value is -5.42. The fourth-order valence-electron chi connectivity index (χ4n) is 3.98. The second-order valence-electron chi connectivity index (χ2n) is 9.77. The summed E-state index contributed by atoms with van der Waals surface area (Å²) in [6.07, 6.45) is 3.47. The molecule has 0 saturated heterocycles. The molecule has 0 radical (unpaired) electrons. The normalized spacial score (nSPS) is 10.9. The van der Waals surface area contributed by atoms with Crippen molar-refractivity contribution < 1.29 is 24.0 Å². The van der Waals surface area contributed by atoms with Gasteiger partial charge in [0.25, 0.3) is 17.5 Å². The smallest absolute Gasteiger partial charge is 0.272 e. The van der Waals surface area contributed by atoms with E-state index >= 15 is 0 Å². The van der Waals surface area contributed by atoms with Gasteiger partial charge in [-0.2, -0.15) is 0 Å². The molecule has 0 spiro atoms. The minimum atomic E-state index is -0.598. The van der Waals surface area contributed by atoms with Crippen molar-refractivity contribution in [3.63, 3.8) is 0 Å². The lowest BCUT2D eigenvalue weighted by Gasteiger charge is -2.12. The van der Waals surface area contributed by atoms with Crippen LogP contribution in [0.2, 0.25) is 0 Å². The Balaban J connectivity index is 1.40. The Kier molecular flexibility index (Phi) is 11.9. The molecule has 0 aliphatic rings. The number of carbonyl (C=O) groups is 3. The standard InChI is InChI=1S/C34H32N4O6S/c1-2-3-20-44-29-18-14-26(15-19-29)35-32(39)23-45-30-11-7-10-27(22-30)36-34(41)31(37-33(40)25-8-5-4-6-9-25)21-24-12-16-28(17-13-24)38(42)43/h4-19,21-22H,2-3,20,23H2,1H3,(H,35,39)(H,36,41)(H,37,40)/b31-21+. The van der Waals surface area contributed by atoms with Crippen molar-refractivity contribution in [3.05, 3.63) is 130 Å². The number of nitro benzene ring substituents is 1. The Morgan fingerprint density at radius 3 is 2.29 bits per heavy atom. The number of unbranched alkanes of at least 4 members (excludes halogenated alkanes) is 1. The van der Waals surface area contributed by atoms with Gasteiger partial charge in [0.15, 0.2) is 0 Å². The van der Waals surface area contributed by atoms with E-state index in [4.69, 9.17) is 4.74 Å². The number of nitro groups is 1. The van der Waals surface area contributed by atoms with Gasteiger partial charge in [0.05, 0.1) is 17.3 Å². The van der Waals surface area contributed by atoms with Crippen molar-refractivity contribution in [3.8, 4) is 5.75 Å². The summed E-state index contributed by atoms with van der Waals surface area (Å²) in [6.45, 7) is 2.75. The molecule has 0 unspecified atom stereocenters. The van der Waals surface area contributed by atoms with Crippen LogP contribution in [0, 0.1) is 10.1 Å². The second kappa shape index (κ2) is 16.4. The molecule has 3 N–H and O–H groups in total. The van der Waals surface area contributed by atoms with Gasteiger partial charge in [0.2, 0.25) is 5.91 Å². The molecule has 0 bridgehead atoms. The first kappa shape index (κ1) is 32.5. The van der Waals surface area contributed by atoms with Gasteiger partial charge in [0.1, 0.15) is 11.4 Å². The first-order valence-electron chi connectivity index (χ1n) is 14.2. The topological polar surface area (TPSA) is 140 Å². The number of benzene rings is 4. The third-order valence-corrected chi connectivity index (χ3v) is 7.30. The van der Waals surface area contributed by atoms with Crippen LogP contribution in [0.4, 0.5) is 17.1 Å². The number of rotatable bonds is 14. The van der Waals surface area contributed by atoms with Crippen LogP contribution in [0.25, 0.3) is 6.08 Å². The van der Waals surface area contributed by atoms with Crippen molar-refractivity contribution in [2.75, 3.05) is 23.0 Å². The molecule has 0 aliphatic carbocycles. The lowest BCUT2D eigenvalue weighted by atomic mass is 10.1. The van der Waals surface area contributed by atoms with E-state index in [0.29, 0.717) is 29.1 Å². The molecule has 4 rings (SSSR count). The lowest BCUT2D eigenvalue weighted by Crippen LogP contribution is -2.30. The number of non-ortho nitro benzene ring substituents is 1. The van der Waals surface area contributed by atoms with Crippen molar-refractivity contribution in [2.24, 2.45) is 0 Å². The van der Waals surface area contributed by atoms with E-state index in [1.165, 1.54) is 42.1 Å². The van der Waals surface area contributed by atoms with Gasteiger partial charge in [-0.1, -0.05) is 37.6 Å². The summed E-state index contributed by atoms with van der Waals surface area (Å²) < 4.78 is 5.65. The average molecular weight is 625 g/mol. The second-order valence-corrected chi connectivity index (χ2v) is 10.8. The summed E-state index contributed by atoms with van der Waals surface area (Å²) in [4.78, 5) is 50.1. The quantitative estimate of drug-likeness (QED) is 0.0455. The zero-order valence-electron chi connectivity index (χ0n) is 24.5. The zero-order valence-corrected chi connectivity index (χ0v) is 25.3. The molecule has 0 atom stereocenters. The van der Waals surface area contributed by atoms with Gasteiger partial charge in [-0.15, -0.1) is 11.8 Å². The van der Waals surface area contributed by atoms with E-state index in [0.717, 1.165) is 23.5 Å². The summed E-state index contributed by atoms with van der Waals surface area (Å²) >= 11 is 1.30. The van der Waals surface area contributed by atoms with Gasteiger partial charge in [-0.3, -0.25) is 24.5 Å². The van der Waals surface area contributed by atoms with Crippen LogP contribution in [-0.4, -0.2) is 35.0 Å². The van der Waals surface area contributed by atoms with Crippen LogP contribution >= 0.6 is 11.8 Å². The van der Waals surface area contributed by atoms with Crippen molar-refractivity contribution in [2.45, 2.75) is 24.7 Å². The molecule has 0 aromatic heterocycles. The van der Waals surface area contributed by atoms with E-state index in [2.05, 4.69) is 22.9 Å². The Labute approximate surface area is 265 Å². The summed E-state index contributed by atoms with van der Waals surface area (Å²) in [6, 6.07) is 28.2. The predicted molar refractivity (Wildman–Crippen MR) is 176 cm³/mol. The van der Waals surface area contributed by atoms with Crippen molar-refractivity contribution >= 4 is 52.6 Å². The minimum Gasteiger partial charge on any atom is -0.494 e. The Bertz CT molecular complexity index is 1660. The summed E-state index contributed by atoms with van der Waals surface area (Å²) in [5.74, 6) is -0.386. The van der Waals surface area contributed by atoms with Crippen LogP contribution in [0.15, 0.2) is 114 Å². The molecule has 0 fully saturated rings. The molecule has 0 heterocycles. The zero-order chi connectivity index (χ0) is 32.0. The van der Waals surface area contributed by atoms with E-state index < -0.39 is 16.7 Å². The SMILES string of the molecule is CCCCOc1ccc(NC(=O)CSc2cccc(NC(=O)/C(=C\c3ccc([N+](=O)[O-])cc3)NC(=O)c3ccccc3)c2)cc1. The van der Waals surface area contributed by atoms with Crippen LogP contribution in [0.5, 0.6) is 5.75 Å². The number of hydrogen-bond acceptors (Lipinski definition) is 7. The highest BCUT2D eigenvalue weighted by molar-refractivity contribution is 8.00. The molecule has 45 heavy (non-hydrogen) atoms. The maximum absolute atomic E-state index is 13.4. The van der Waals surface area contributed by atoms with Crippen LogP contribution in [-0.2, 0) is 9.59 Å². The molecule has 10 nitrogen and oxygen atoms in total. The van der Waals surface area contributed by atoms with Crippen LogP contribution < -0.4 is 20.7 Å². The molecule has 230 valence electrons. The molecule has 3 amide bonds. The number of nitrogens with one attached hydrogen (secondary N) is 3. The largest absolute Gasteiger partial charge is 0.494 e. The first-order chi connectivity index (χ1) is 21.8. The maximum Gasteiger partial charge on any atom is 0.272 e. The van der Waals surface area contributed by atoms with Gasteiger partial charge >= 0.3 is 0 Å². The number of nitrogens with zero attached hydrogens (tertiary/aromatic N) is 1. The third kappa shape index (κ3) is 10.4. The van der Waals surface area contributed by atoms with Gasteiger partial charge in [-0.25, -0.2) is 0 Å². The third-order valence-electron chi connectivity index (χ3n) is 6.31. The number of amides is 3. The van der Waals surface area contributed by atoms with E-state index in [9.17, 15) is 24.5 Å². The molecular weight excluding hydrogens is 592 g/mol. The highest BCUT2D eigenvalue weighted by atomic mass is 32.2. The van der Waals surface area contributed by atoms with Crippen LogP contribution in [0.1, 0.15) is 35.7 Å². The molecular formula is C34H32N4O6S. The first-order valence-corrected chi connectivity index (χ1v) is 15.2. The lowest BCUT2D eigenvalue weighted by molar-refractivity contribution is -0.384. The highest BCUT2D eigenvalue weighted by Crippen LogP contribution is 2.23. The molecule has 4 aromatic rings. The molecule has 11 heteroatoms. The Morgan fingerprint density at radius 2 is 1.60 bits per heavy atom.